The van der Waals surface area contributed by atoms with Crippen molar-refractivity contribution in [2.24, 2.45) is 5.92 Å². The van der Waals surface area contributed by atoms with Gasteiger partial charge in [0, 0.05) is 11.3 Å². The van der Waals surface area contributed by atoms with Gasteiger partial charge in [0.2, 0.25) is 0 Å². The van der Waals surface area contributed by atoms with Crippen molar-refractivity contribution in [2.45, 2.75) is 33.7 Å². The fraction of sp³-hybridized carbons (Fsp3) is 0.259. The third-order valence-corrected chi connectivity index (χ3v) is 5.43. The van der Waals surface area contributed by atoms with Crippen LogP contribution >= 0.6 is 0 Å². The van der Waals surface area contributed by atoms with Gasteiger partial charge in [-0.15, -0.1) is 0 Å². The van der Waals surface area contributed by atoms with Crippen LogP contribution in [0.1, 0.15) is 42.3 Å². The monoisotopic (exact) mass is 445 g/mol. The van der Waals surface area contributed by atoms with Gasteiger partial charge in [-0.2, -0.15) is 0 Å². The summed E-state index contributed by atoms with van der Waals surface area (Å²) in [6.07, 6.45) is 1.48. The highest BCUT2D eigenvalue weighted by Gasteiger charge is 2.48. The summed E-state index contributed by atoms with van der Waals surface area (Å²) >= 11 is 0. The Bertz CT molecular complexity index is 1200. The second kappa shape index (κ2) is 8.98. The molecule has 1 aliphatic rings. The topological polar surface area (TPSA) is 80.0 Å². The minimum Gasteiger partial charge on any atom is -0.507 e. The van der Waals surface area contributed by atoms with Crippen LogP contribution in [0.4, 0.5) is 5.69 Å². The number of Topliss-reactive ketones (excluding diaryl/α,β-unsaturated/α-hetero) is 1. The predicted octanol–water partition coefficient (Wildman–Crippen LogP) is 5.56. The van der Waals surface area contributed by atoms with Crippen molar-refractivity contribution in [3.8, 4) is 5.75 Å². The number of aliphatic hydroxyl groups excluding tert-OH is 1. The smallest absolute Gasteiger partial charge is 0.300 e. The highest BCUT2D eigenvalue weighted by Crippen LogP contribution is 2.42. The molecule has 0 bridgehead atoms. The minimum absolute atomic E-state index is 0.0184. The normalized spacial score (nSPS) is 17.7. The summed E-state index contributed by atoms with van der Waals surface area (Å²) in [7, 11) is 0. The molecule has 6 nitrogen and oxygen atoms in total. The molecule has 1 aliphatic heterocycles. The van der Waals surface area contributed by atoms with Crippen molar-refractivity contribution in [2.75, 3.05) is 11.5 Å². The molecule has 3 aromatic rings. The number of nitrogens with zero attached hydrogens (tertiary/aromatic N) is 1. The Balaban J connectivity index is 1.85. The van der Waals surface area contributed by atoms with Gasteiger partial charge >= 0.3 is 0 Å². The van der Waals surface area contributed by atoms with Crippen LogP contribution in [0.25, 0.3) is 5.76 Å². The summed E-state index contributed by atoms with van der Waals surface area (Å²) in [5, 5.41) is 11.2. The van der Waals surface area contributed by atoms with Crippen molar-refractivity contribution in [1.29, 1.82) is 0 Å². The molecule has 1 N–H and O–H groups in total. The molecule has 0 spiro atoms. The molecule has 33 heavy (non-hydrogen) atoms. The van der Waals surface area contributed by atoms with E-state index in [0.29, 0.717) is 35.3 Å². The SMILES string of the molecule is Cc1cc(C)cc(N2C(=O)C(=O)/C(=C(\O)c3cccc(OCC(C)C)c3)C2c2ccco2)c1. The first-order chi connectivity index (χ1) is 15.8. The van der Waals surface area contributed by atoms with Crippen molar-refractivity contribution in [3.05, 3.63) is 88.9 Å². The molecule has 1 atom stereocenters. The van der Waals surface area contributed by atoms with Gasteiger partial charge in [-0.25, -0.2) is 0 Å². The summed E-state index contributed by atoms with van der Waals surface area (Å²) in [4.78, 5) is 27.8. The van der Waals surface area contributed by atoms with Gasteiger partial charge < -0.3 is 14.3 Å². The number of aliphatic hydroxyl groups is 1. The number of amides is 1. The summed E-state index contributed by atoms with van der Waals surface area (Å²) in [5.74, 6) is -0.439. The van der Waals surface area contributed by atoms with Crippen molar-refractivity contribution >= 4 is 23.1 Å². The molecule has 1 fully saturated rings. The number of furan rings is 1. The lowest BCUT2D eigenvalue weighted by Crippen LogP contribution is -2.29. The van der Waals surface area contributed by atoms with Gasteiger partial charge in [-0.3, -0.25) is 14.5 Å². The lowest BCUT2D eigenvalue weighted by molar-refractivity contribution is -0.132. The van der Waals surface area contributed by atoms with E-state index in [4.69, 9.17) is 9.15 Å². The lowest BCUT2D eigenvalue weighted by Gasteiger charge is -2.24. The molecule has 6 heteroatoms. The average Bonchev–Trinajstić information content (AvgIpc) is 3.38. The Morgan fingerprint density at radius 2 is 1.79 bits per heavy atom. The highest BCUT2D eigenvalue weighted by atomic mass is 16.5. The van der Waals surface area contributed by atoms with E-state index in [0.717, 1.165) is 11.1 Å². The Hall–Kier alpha value is -3.80. The summed E-state index contributed by atoms with van der Waals surface area (Å²) < 4.78 is 11.4. The molecule has 170 valence electrons. The largest absolute Gasteiger partial charge is 0.507 e. The van der Waals surface area contributed by atoms with Gasteiger partial charge in [0.1, 0.15) is 23.3 Å². The molecule has 0 aliphatic carbocycles. The number of carbonyl (C=O) groups is 2. The molecule has 2 aromatic carbocycles. The van der Waals surface area contributed by atoms with Crippen LogP contribution in [0.2, 0.25) is 0 Å². The number of aryl methyl sites for hydroxylation is 2. The van der Waals surface area contributed by atoms with E-state index in [9.17, 15) is 14.7 Å². The van der Waals surface area contributed by atoms with Crippen LogP contribution in [-0.2, 0) is 9.59 Å². The number of carbonyl (C=O) groups excluding carboxylic acids is 2. The van der Waals surface area contributed by atoms with Crippen molar-refractivity contribution in [1.82, 2.24) is 0 Å². The third kappa shape index (κ3) is 4.42. The van der Waals surface area contributed by atoms with Gasteiger partial charge in [-0.1, -0.05) is 32.0 Å². The van der Waals surface area contributed by atoms with Gasteiger partial charge in [0.05, 0.1) is 18.4 Å². The van der Waals surface area contributed by atoms with E-state index in [1.54, 1.807) is 36.4 Å². The zero-order valence-corrected chi connectivity index (χ0v) is 19.2. The summed E-state index contributed by atoms with van der Waals surface area (Å²) in [5.41, 5.74) is 2.87. The van der Waals surface area contributed by atoms with Crippen LogP contribution in [0.15, 0.2) is 70.9 Å². The summed E-state index contributed by atoms with van der Waals surface area (Å²) in [6, 6.07) is 15.1. The number of ether oxygens (including phenoxy) is 1. The Morgan fingerprint density at radius 1 is 1.06 bits per heavy atom. The Morgan fingerprint density at radius 3 is 2.42 bits per heavy atom. The van der Waals surface area contributed by atoms with E-state index < -0.39 is 17.7 Å². The fourth-order valence-electron chi connectivity index (χ4n) is 4.06. The van der Waals surface area contributed by atoms with Crippen LogP contribution in [0, 0.1) is 19.8 Å². The number of hydrogen-bond acceptors (Lipinski definition) is 5. The molecule has 1 aromatic heterocycles. The number of hydrogen-bond donors (Lipinski definition) is 1. The number of benzene rings is 2. The second-order valence-corrected chi connectivity index (χ2v) is 8.76. The van der Waals surface area contributed by atoms with Gasteiger partial charge in [0.25, 0.3) is 11.7 Å². The molecule has 1 amide bonds. The first-order valence-corrected chi connectivity index (χ1v) is 10.9. The van der Waals surface area contributed by atoms with E-state index >= 15 is 0 Å². The molecule has 2 heterocycles. The van der Waals surface area contributed by atoms with Gasteiger partial charge in [-0.05, 0) is 67.3 Å². The van der Waals surface area contributed by atoms with Crippen LogP contribution < -0.4 is 9.64 Å². The maximum absolute atomic E-state index is 13.2. The Kier molecular flexibility index (Phi) is 6.09. The van der Waals surface area contributed by atoms with Crippen LogP contribution in [0.3, 0.4) is 0 Å². The predicted molar refractivity (Wildman–Crippen MR) is 126 cm³/mol. The van der Waals surface area contributed by atoms with E-state index in [1.165, 1.54) is 11.2 Å². The van der Waals surface area contributed by atoms with Gasteiger partial charge in [0.15, 0.2) is 0 Å². The molecule has 1 unspecified atom stereocenters. The standard InChI is InChI=1S/C27H27NO5/c1-16(2)15-33-21-8-5-7-19(14-21)25(29)23-24(22-9-6-10-32-22)28(27(31)26(23)30)20-12-17(3)11-18(4)13-20/h5-14,16,24,29H,15H2,1-4H3/b25-23-. The third-order valence-electron chi connectivity index (χ3n) is 5.43. The zero-order valence-electron chi connectivity index (χ0n) is 19.2. The quantitative estimate of drug-likeness (QED) is 0.305. The van der Waals surface area contributed by atoms with Crippen LogP contribution in [0.5, 0.6) is 5.75 Å². The zero-order chi connectivity index (χ0) is 23.7. The van der Waals surface area contributed by atoms with Crippen molar-refractivity contribution in [3.63, 3.8) is 0 Å². The van der Waals surface area contributed by atoms with E-state index in [2.05, 4.69) is 0 Å². The second-order valence-electron chi connectivity index (χ2n) is 8.76. The maximum atomic E-state index is 13.2. The molecule has 1 saturated heterocycles. The molecule has 4 rings (SSSR count). The van der Waals surface area contributed by atoms with E-state index in [-0.39, 0.29) is 11.3 Å². The average molecular weight is 446 g/mol. The Labute approximate surface area is 193 Å². The first kappa shape index (κ1) is 22.4. The van der Waals surface area contributed by atoms with Crippen molar-refractivity contribution < 1.29 is 23.8 Å². The number of anilines is 1. The number of ketones is 1. The maximum Gasteiger partial charge on any atom is 0.300 e. The fourth-order valence-corrected chi connectivity index (χ4v) is 4.06. The molecular weight excluding hydrogens is 418 g/mol. The van der Waals surface area contributed by atoms with Crippen LogP contribution in [-0.4, -0.2) is 23.4 Å². The van der Waals surface area contributed by atoms with E-state index in [1.807, 2.05) is 45.9 Å². The first-order valence-electron chi connectivity index (χ1n) is 10.9. The molecule has 0 saturated carbocycles. The lowest BCUT2D eigenvalue weighted by atomic mass is 9.99. The highest BCUT2D eigenvalue weighted by molar-refractivity contribution is 6.51. The minimum atomic E-state index is -0.888. The number of rotatable bonds is 6. The molecular formula is C27H27NO5. The summed E-state index contributed by atoms with van der Waals surface area (Å²) in [6.45, 7) is 8.46. The molecule has 0 radical (unpaired) electrons.